The first-order valence-corrected chi connectivity index (χ1v) is 7.35. The number of rotatable bonds is 4. The van der Waals surface area contributed by atoms with Gasteiger partial charge in [0, 0.05) is 0 Å². The van der Waals surface area contributed by atoms with Crippen LogP contribution in [0, 0.1) is 0 Å². The van der Waals surface area contributed by atoms with Crippen molar-refractivity contribution in [2.45, 2.75) is 22.9 Å². The van der Waals surface area contributed by atoms with Crippen molar-refractivity contribution in [2.24, 2.45) is 5.14 Å². The first-order valence-electron chi connectivity index (χ1n) is 4.72. The number of benzene rings is 1. The second-order valence-electron chi connectivity index (χ2n) is 3.58. The Morgan fingerprint density at radius 3 is 2.56 bits per heavy atom. The Balaban J connectivity index is 3.22. The van der Waals surface area contributed by atoms with Crippen LogP contribution in [0.3, 0.4) is 0 Å². The van der Waals surface area contributed by atoms with E-state index in [1.807, 2.05) is 13.0 Å². The first-order chi connectivity index (χ1) is 7.34. The summed E-state index contributed by atoms with van der Waals surface area (Å²) in [4.78, 5) is 0.0423. The van der Waals surface area contributed by atoms with E-state index in [4.69, 9.17) is 9.88 Å². The molecule has 0 aliphatic rings. The van der Waals surface area contributed by atoms with Crippen LogP contribution in [0.5, 0.6) is 5.75 Å². The van der Waals surface area contributed by atoms with Crippen LogP contribution in [0.25, 0.3) is 0 Å². The number of primary sulfonamides is 1. The summed E-state index contributed by atoms with van der Waals surface area (Å²) >= 11 is 2.52. The molecule has 0 spiro atoms. The Morgan fingerprint density at radius 1 is 1.50 bits per heavy atom. The van der Waals surface area contributed by atoms with Crippen molar-refractivity contribution >= 4 is 26.9 Å². The van der Waals surface area contributed by atoms with Crippen LogP contribution in [-0.2, 0) is 16.4 Å². The molecule has 2 radical (unpaired) electrons. The molecule has 0 bridgehead atoms. The molecule has 0 saturated carbocycles. The van der Waals surface area contributed by atoms with E-state index in [0.717, 1.165) is 12.0 Å². The van der Waals surface area contributed by atoms with Crippen molar-refractivity contribution in [3.05, 3.63) is 23.8 Å². The summed E-state index contributed by atoms with van der Waals surface area (Å²) in [5.41, 5.74) is 0.929. The van der Waals surface area contributed by atoms with E-state index in [9.17, 15) is 8.42 Å². The Hall–Kier alpha value is -0.512. The van der Waals surface area contributed by atoms with Crippen molar-refractivity contribution in [3.63, 3.8) is 0 Å². The van der Waals surface area contributed by atoms with Crippen molar-refractivity contribution in [3.8, 4) is 5.75 Å². The van der Waals surface area contributed by atoms with Gasteiger partial charge in [0.1, 0.15) is 0 Å². The number of hydrogen-bond acceptors (Lipinski definition) is 3. The van der Waals surface area contributed by atoms with Gasteiger partial charge in [-0.25, -0.2) is 0 Å². The second kappa shape index (κ2) is 5.21. The minimum absolute atomic E-state index is 0.0423. The Kier molecular flexibility index (Phi) is 4.42. The molecule has 4 nitrogen and oxygen atoms in total. The molecule has 0 aliphatic carbocycles. The summed E-state index contributed by atoms with van der Waals surface area (Å²) in [6, 6.07) is 5.04. The molecule has 6 heteroatoms. The molecule has 16 heavy (non-hydrogen) atoms. The van der Waals surface area contributed by atoms with Gasteiger partial charge in [-0.15, -0.1) is 0 Å². The molecule has 0 heterocycles. The van der Waals surface area contributed by atoms with E-state index >= 15 is 0 Å². The normalized spacial score (nSPS) is 13.5. The van der Waals surface area contributed by atoms with E-state index in [1.165, 1.54) is 7.11 Å². The van der Waals surface area contributed by atoms with Crippen molar-refractivity contribution < 1.29 is 13.2 Å². The molecule has 0 fully saturated rings. The van der Waals surface area contributed by atoms with Gasteiger partial charge in [0.25, 0.3) is 0 Å². The van der Waals surface area contributed by atoms with Gasteiger partial charge in [0.05, 0.1) is 0 Å². The van der Waals surface area contributed by atoms with E-state index < -0.39 is 10.0 Å². The van der Waals surface area contributed by atoms with Gasteiger partial charge in [0.2, 0.25) is 0 Å². The minimum atomic E-state index is -3.73. The number of sulfonamides is 1. The van der Waals surface area contributed by atoms with Crippen LogP contribution in [-0.4, -0.2) is 32.4 Å². The molecule has 0 saturated heterocycles. The van der Waals surface area contributed by atoms with E-state index in [0.29, 0.717) is 4.71 Å². The second-order valence-corrected chi connectivity index (χ2v) is 6.96. The van der Waals surface area contributed by atoms with Gasteiger partial charge >= 0.3 is 105 Å². The van der Waals surface area contributed by atoms with Crippen LogP contribution < -0.4 is 9.88 Å². The van der Waals surface area contributed by atoms with Crippen molar-refractivity contribution in [1.29, 1.82) is 0 Å². The standard InChI is InChI=1S/C10H14AsNO3S/c1-7(11)5-8-3-4-9(15-2)10(6-8)16(12,13)14/h3-4,6-7H,5H2,1-2H3,(H2,12,13,14)/t7-/m1/s1. The molecule has 88 valence electrons. The Bertz CT molecular complexity index is 471. The average Bonchev–Trinajstić information content (AvgIpc) is 2.15. The van der Waals surface area contributed by atoms with Crippen LogP contribution in [0.4, 0.5) is 0 Å². The van der Waals surface area contributed by atoms with Crippen LogP contribution >= 0.6 is 0 Å². The molecular weight excluding hydrogens is 289 g/mol. The zero-order valence-electron chi connectivity index (χ0n) is 9.17. The maximum absolute atomic E-state index is 11.3. The molecule has 0 aliphatic heterocycles. The summed E-state index contributed by atoms with van der Waals surface area (Å²) in [5.74, 6) is 0.282. The molecule has 1 aromatic rings. The summed E-state index contributed by atoms with van der Waals surface area (Å²) in [6.07, 6.45) is 0.784. The number of ether oxygens (including phenoxy) is 1. The van der Waals surface area contributed by atoms with E-state index in [2.05, 4.69) is 16.9 Å². The third-order valence-electron chi connectivity index (χ3n) is 2.07. The summed E-state index contributed by atoms with van der Waals surface area (Å²) in [7, 11) is -2.31. The van der Waals surface area contributed by atoms with Gasteiger partial charge in [-0.3, -0.25) is 0 Å². The third-order valence-corrected chi connectivity index (χ3v) is 3.38. The van der Waals surface area contributed by atoms with Crippen molar-refractivity contribution in [2.75, 3.05) is 7.11 Å². The van der Waals surface area contributed by atoms with Gasteiger partial charge < -0.3 is 0 Å². The number of methoxy groups -OCH3 is 1. The van der Waals surface area contributed by atoms with Gasteiger partial charge in [-0.05, 0) is 0 Å². The maximum atomic E-state index is 11.3. The molecule has 0 unspecified atom stereocenters. The molecule has 2 N–H and O–H groups in total. The van der Waals surface area contributed by atoms with Gasteiger partial charge in [0.15, 0.2) is 0 Å². The topological polar surface area (TPSA) is 69.4 Å². The Labute approximate surface area is 105 Å². The SMILES string of the molecule is COc1ccc(C[C@@H](C)[As])cc1S(N)(=O)=O. The Morgan fingerprint density at radius 2 is 2.12 bits per heavy atom. The fourth-order valence-corrected chi connectivity index (χ4v) is 2.60. The molecule has 1 aromatic carbocycles. The number of nitrogens with two attached hydrogens (primary N) is 1. The summed E-state index contributed by atoms with van der Waals surface area (Å²) in [6.45, 7) is 2.04. The molecule has 1 rings (SSSR count). The fraction of sp³-hybridized carbons (Fsp3) is 0.400. The average molecular weight is 303 g/mol. The molecular formula is C10H14AsNO3S. The van der Waals surface area contributed by atoms with Crippen LogP contribution in [0.15, 0.2) is 23.1 Å². The zero-order chi connectivity index (χ0) is 12.3. The quantitative estimate of drug-likeness (QED) is 0.839. The summed E-state index contributed by atoms with van der Waals surface area (Å²) in [5, 5.41) is 5.12. The number of hydrogen-bond donors (Lipinski definition) is 1. The third kappa shape index (κ3) is 3.51. The van der Waals surface area contributed by atoms with Crippen LogP contribution in [0.2, 0.25) is 4.71 Å². The first kappa shape index (κ1) is 13.6. The molecule has 1 atom stereocenters. The van der Waals surface area contributed by atoms with Gasteiger partial charge in [-0.1, -0.05) is 0 Å². The van der Waals surface area contributed by atoms with E-state index in [-0.39, 0.29) is 10.6 Å². The molecule has 0 aromatic heterocycles. The fourth-order valence-electron chi connectivity index (χ4n) is 1.41. The van der Waals surface area contributed by atoms with Crippen molar-refractivity contribution in [1.82, 2.24) is 0 Å². The van der Waals surface area contributed by atoms with Gasteiger partial charge in [-0.2, -0.15) is 0 Å². The zero-order valence-corrected chi connectivity index (χ0v) is 11.9. The van der Waals surface area contributed by atoms with E-state index in [1.54, 1.807) is 12.1 Å². The van der Waals surface area contributed by atoms with Crippen LogP contribution in [0.1, 0.15) is 12.5 Å². The predicted octanol–water partition coefficient (Wildman–Crippen LogP) is 0.862. The predicted molar refractivity (Wildman–Crippen MR) is 63.2 cm³/mol. The molecule has 0 amide bonds. The monoisotopic (exact) mass is 303 g/mol. The summed E-state index contributed by atoms with van der Waals surface area (Å²) < 4.78 is 28.1.